The number of carbonyl (C=O) groups excluding carboxylic acids is 1. The van der Waals surface area contributed by atoms with E-state index in [9.17, 15) is 4.79 Å². The fourth-order valence-electron chi connectivity index (χ4n) is 2.46. The van der Waals surface area contributed by atoms with Crippen molar-refractivity contribution in [2.45, 2.75) is 6.92 Å². The summed E-state index contributed by atoms with van der Waals surface area (Å²) in [6.45, 7) is 2.48. The predicted molar refractivity (Wildman–Crippen MR) is 109 cm³/mol. The van der Waals surface area contributed by atoms with E-state index in [1.165, 1.54) is 0 Å². The van der Waals surface area contributed by atoms with E-state index < -0.39 is 0 Å². The lowest BCUT2D eigenvalue weighted by Gasteiger charge is -2.10. The summed E-state index contributed by atoms with van der Waals surface area (Å²) in [7, 11) is 0. The lowest BCUT2D eigenvalue weighted by Crippen LogP contribution is -2.28. The van der Waals surface area contributed by atoms with Gasteiger partial charge in [0.2, 0.25) is 0 Å². The first-order valence-corrected chi connectivity index (χ1v) is 8.57. The van der Waals surface area contributed by atoms with Crippen molar-refractivity contribution in [3.63, 3.8) is 0 Å². The summed E-state index contributed by atoms with van der Waals surface area (Å²) in [5, 5.41) is 12.2. The molecule has 0 saturated carbocycles. The molecule has 3 aromatic rings. The molecule has 0 aliphatic rings. The van der Waals surface area contributed by atoms with Gasteiger partial charge in [-0.05, 0) is 67.6 Å². The smallest absolute Gasteiger partial charge is 0.319 e. The van der Waals surface area contributed by atoms with Gasteiger partial charge in [-0.2, -0.15) is 0 Å². The molecule has 5 nitrogen and oxygen atoms in total. The summed E-state index contributed by atoms with van der Waals surface area (Å²) in [5.74, 6) is 0. The lowest BCUT2D eigenvalue weighted by atomic mass is 10.2. The van der Waals surface area contributed by atoms with E-state index >= 15 is 0 Å². The lowest BCUT2D eigenvalue weighted by molar-refractivity contribution is 0.252. The van der Waals surface area contributed by atoms with Gasteiger partial charge < -0.3 is 21.3 Å². The monoisotopic (exact) mass is 346 g/mol. The van der Waals surface area contributed by atoms with Gasteiger partial charge in [-0.1, -0.05) is 18.2 Å². The number of anilines is 5. The second-order valence-corrected chi connectivity index (χ2v) is 5.76. The van der Waals surface area contributed by atoms with Crippen LogP contribution in [0.5, 0.6) is 0 Å². The Bertz CT molecular complexity index is 830. The Morgan fingerprint density at radius 3 is 1.54 bits per heavy atom. The molecule has 2 amide bonds. The zero-order valence-corrected chi connectivity index (χ0v) is 14.6. The maximum atomic E-state index is 11.5. The third-order valence-corrected chi connectivity index (χ3v) is 3.72. The standard InChI is InChI=1S/C21H22N4O/c1-2-22-21(26)25-20-14-12-19(13-15-20)24-18-10-8-17(9-11-18)23-16-6-4-3-5-7-16/h3-15,23-24H,2H2,1H3,(H2,22,25,26). The summed E-state index contributed by atoms with van der Waals surface area (Å²) < 4.78 is 0. The first-order chi connectivity index (χ1) is 12.7. The maximum Gasteiger partial charge on any atom is 0.319 e. The zero-order chi connectivity index (χ0) is 18.2. The largest absolute Gasteiger partial charge is 0.356 e. The van der Waals surface area contributed by atoms with E-state index in [1.54, 1.807) is 0 Å². The molecule has 5 heteroatoms. The summed E-state index contributed by atoms with van der Waals surface area (Å²) in [6.07, 6.45) is 0. The van der Waals surface area contributed by atoms with Crippen LogP contribution in [0.25, 0.3) is 0 Å². The highest BCUT2D eigenvalue weighted by Crippen LogP contribution is 2.22. The van der Waals surface area contributed by atoms with Crippen LogP contribution in [0.15, 0.2) is 78.9 Å². The van der Waals surface area contributed by atoms with Crippen molar-refractivity contribution < 1.29 is 4.79 Å². The highest BCUT2D eigenvalue weighted by molar-refractivity contribution is 5.89. The van der Waals surface area contributed by atoms with Gasteiger partial charge in [0.25, 0.3) is 0 Å². The van der Waals surface area contributed by atoms with Gasteiger partial charge in [-0.15, -0.1) is 0 Å². The minimum Gasteiger partial charge on any atom is -0.356 e. The van der Waals surface area contributed by atoms with Crippen LogP contribution < -0.4 is 21.3 Å². The predicted octanol–water partition coefficient (Wildman–Crippen LogP) is 5.32. The Kier molecular flexibility index (Phi) is 5.72. The minimum absolute atomic E-state index is 0.199. The quantitative estimate of drug-likeness (QED) is 0.489. The van der Waals surface area contributed by atoms with Crippen LogP contribution in [0, 0.1) is 0 Å². The van der Waals surface area contributed by atoms with Crippen LogP contribution in [-0.4, -0.2) is 12.6 Å². The van der Waals surface area contributed by atoms with Gasteiger partial charge in [0, 0.05) is 35.0 Å². The maximum absolute atomic E-state index is 11.5. The van der Waals surface area contributed by atoms with E-state index in [2.05, 4.69) is 21.3 Å². The number of urea groups is 1. The third-order valence-electron chi connectivity index (χ3n) is 3.72. The van der Waals surface area contributed by atoms with Gasteiger partial charge in [-0.3, -0.25) is 0 Å². The molecule has 26 heavy (non-hydrogen) atoms. The molecular formula is C21H22N4O. The molecule has 0 atom stereocenters. The van der Waals surface area contributed by atoms with Gasteiger partial charge in [0.15, 0.2) is 0 Å². The van der Waals surface area contributed by atoms with Crippen LogP contribution in [0.4, 0.5) is 33.2 Å². The molecule has 0 saturated heterocycles. The third kappa shape index (κ3) is 5.01. The molecule has 0 aliphatic heterocycles. The van der Waals surface area contributed by atoms with Crippen LogP contribution in [0.1, 0.15) is 6.92 Å². The molecule has 0 spiro atoms. The molecule has 4 N–H and O–H groups in total. The van der Waals surface area contributed by atoms with E-state index in [0.29, 0.717) is 6.54 Å². The Balaban J connectivity index is 1.58. The molecule has 0 radical (unpaired) electrons. The van der Waals surface area contributed by atoms with Crippen molar-refractivity contribution in [3.8, 4) is 0 Å². The second-order valence-electron chi connectivity index (χ2n) is 5.76. The van der Waals surface area contributed by atoms with Crippen LogP contribution in [0.3, 0.4) is 0 Å². The van der Waals surface area contributed by atoms with E-state index in [4.69, 9.17) is 0 Å². The second kappa shape index (κ2) is 8.58. The van der Waals surface area contributed by atoms with E-state index in [1.807, 2.05) is 85.8 Å². The molecule has 3 rings (SSSR count). The molecule has 132 valence electrons. The van der Waals surface area contributed by atoms with Crippen molar-refractivity contribution in [1.82, 2.24) is 5.32 Å². The molecule has 3 aromatic carbocycles. The molecule has 0 heterocycles. The van der Waals surface area contributed by atoms with Crippen molar-refractivity contribution in [3.05, 3.63) is 78.9 Å². The van der Waals surface area contributed by atoms with Gasteiger partial charge in [0.05, 0.1) is 0 Å². The molecule has 0 unspecified atom stereocenters. The summed E-state index contributed by atoms with van der Waals surface area (Å²) in [6, 6.07) is 25.5. The van der Waals surface area contributed by atoms with Gasteiger partial charge >= 0.3 is 6.03 Å². The molecule has 0 bridgehead atoms. The van der Waals surface area contributed by atoms with Crippen molar-refractivity contribution in [2.24, 2.45) is 0 Å². The number of hydrogen-bond donors (Lipinski definition) is 4. The summed E-state index contributed by atoms with van der Waals surface area (Å²) in [4.78, 5) is 11.5. The SMILES string of the molecule is CCNC(=O)Nc1ccc(Nc2ccc(Nc3ccccc3)cc2)cc1. The van der Waals surface area contributed by atoms with E-state index in [-0.39, 0.29) is 6.03 Å². The Morgan fingerprint density at radius 1 is 0.654 bits per heavy atom. The number of benzene rings is 3. The summed E-state index contributed by atoms with van der Waals surface area (Å²) >= 11 is 0. The van der Waals surface area contributed by atoms with Gasteiger partial charge in [0.1, 0.15) is 0 Å². The highest BCUT2D eigenvalue weighted by Gasteiger charge is 2.01. The van der Waals surface area contributed by atoms with Crippen LogP contribution in [0.2, 0.25) is 0 Å². The normalized spacial score (nSPS) is 10.0. The first kappa shape index (κ1) is 17.4. The van der Waals surface area contributed by atoms with Crippen molar-refractivity contribution >= 4 is 34.5 Å². The number of nitrogens with one attached hydrogen (secondary N) is 4. The zero-order valence-electron chi connectivity index (χ0n) is 14.6. The van der Waals surface area contributed by atoms with Crippen molar-refractivity contribution in [1.29, 1.82) is 0 Å². The molecule has 0 aliphatic carbocycles. The van der Waals surface area contributed by atoms with Crippen molar-refractivity contribution in [2.75, 3.05) is 22.5 Å². The molecule has 0 fully saturated rings. The fourth-order valence-corrected chi connectivity index (χ4v) is 2.46. The minimum atomic E-state index is -0.199. The topological polar surface area (TPSA) is 65.2 Å². The number of rotatable bonds is 6. The Hall–Kier alpha value is -3.47. The molecular weight excluding hydrogens is 324 g/mol. The van der Waals surface area contributed by atoms with Crippen LogP contribution in [-0.2, 0) is 0 Å². The highest BCUT2D eigenvalue weighted by atomic mass is 16.2. The number of carbonyl (C=O) groups is 1. The number of amides is 2. The van der Waals surface area contributed by atoms with Crippen LogP contribution >= 0.6 is 0 Å². The molecule has 0 aromatic heterocycles. The van der Waals surface area contributed by atoms with Gasteiger partial charge in [-0.25, -0.2) is 4.79 Å². The Morgan fingerprint density at radius 2 is 1.08 bits per heavy atom. The Labute approximate surface area is 153 Å². The number of para-hydroxylation sites is 1. The number of hydrogen-bond acceptors (Lipinski definition) is 3. The average molecular weight is 346 g/mol. The first-order valence-electron chi connectivity index (χ1n) is 8.57. The average Bonchev–Trinajstić information content (AvgIpc) is 2.66. The summed E-state index contributed by atoms with van der Waals surface area (Å²) in [5.41, 5.74) is 4.79. The van der Waals surface area contributed by atoms with E-state index in [0.717, 1.165) is 28.4 Å². The fraction of sp³-hybridized carbons (Fsp3) is 0.0952.